The van der Waals surface area contributed by atoms with Crippen molar-refractivity contribution < 1.29 is 13.2 Å². The molecular formula is C15H25Cl2N3O3S. The average Bonchev–Trinajstić information content (AvgIpc) is 2.49. The SMILES string of the molecule is CC(N)(C(=O)NCCN1CCS(=O)(=O)CC1)c1ccccc1.Cl.Cl. The number of amides is 1. The van der Waals surface area contributed by atoms with Crippen LogP contribution in [0.15, 0.2) is 30.3 Å². The number of nitrogens with one attached hydrogen (secondary N) is 1. The molecule has 0 aliphatic carbocycles. The number of hydrogen-bond acceptors (Lipinski definition) is 5. The van der Waals surface area contributed by atoms with Crippen LogP contribution < -0.4 is 11.1 Å². The number of sulfone groups is 1. The molecule has 1 unspecified atom stereocenters. The molecule has 1 fully saturated rings. The zero-order valence-electron chi connectivity index (χ0n) is 13.6. The van der Waals surface area contributed by atoms with E-state index in [9.17, 15) is 13.2 Å². The van der Waals surface area contributed by atoms with E-state index < -0.39 is 15.4 Å². The Kier molecular flexibility index (Phi) is 9.24. The summed E-state index contributed by atoms with van der Waals surface area (Å²) in [6, 6.07) is 9.23. The summed E-state index contributed by atoms with van der Waals surface area (Å²) in [5, 5.41) is 2.83. The monoisotopic (exact) mass is 397 g/mol. The van der Waals surface area contributed by atoms with Crippen LogP contribution in [-0.4, -0.2) is 56.9 Å². The summed E-state index contributed by atoms with van der Waals surface area (Å²) >= 11 is 0. The number of halogens is 2. The van der Waals surface area contributed by atoms with Crippen LogP contribution in [-0.2, 0) is 20.2 Å². The van der Waals surface area contributed by atoms with Gasteiger partial charge in [0.05, 0.1) is 11.5 Å². The molecule has 0 radical (unpaired) electrons. The summed E-state index contributed by atoms with van der Waals surface area (Å²) in [4.78, 5) is 14.3. The van der Waals surface area contributed by atoms with Gasteiger partial charge >= 0.3 is 0 Å². The smallest absolute Gasteiger partial charge is 0.244 e. The van der Waals surface area contributed by atoms with Crippen LogP contribution in [0, 0.1) is 0 Å². The van der Waals surface area contributed by atoms with Gasteiger partial charge in [0.2, 0.25) is 5.91 Å². The summed E-state index contributed by atoms with van der Waals surface area (Å²) < 4.78 is 22.7. The molecule has 1 aromatic rings. The third-order valence-corrected chi connectivity index (χ3v) is 5.60. The summed E-state index contributed by atoms with van der Waals surface area (Å²) in [6.45, 7) is 3.82. The fraction of sp³-hybridized carbons (Fsp3) is 0.533. The Morgan fingerprint density at radius 2 is 1.75 bits per heavy atom. The molecule has 1 amide bonds. The van der Waals surface area contributed by atoms with E-state index >= 15 is 0 Å². The van der Waals surface area contributed by atoms with Crippen LogP contribution in [0.3, 0.4) is 0 Å². The van der Waals surface area contributed by atoms with E-state index in [-0.39, 0.29) is 42.2 Å². The summed E-state index contributed by atoms with van der Waals surface area (Å²) in [5.74, 6) is 0.155. The Bertz CT molecular complexity index is 610. The number of carbonyl (C=O) groups is 1. The summed E-state index contributed by atoms with van der Waals surface area (Å²) in [6.07, 6.45) is 0. The molecule has 1 saturated heterocycles. The first-order valence-corrected chi connectivity index (χ1v) is 9.19. The summed E-state index contributed by atoms with van der Waals surface area (Å²) in [7, 11) is -2.87. The minimum atomic E-state index is -2.87. The number of hydrogen-bond donors (Lipinski definition) is 2. The quantitative estimate of drug-likeness (QED) is 0.756. The lowest BCUT2D eigenvalue weighted by Crippen LogP contribution is -2.51. The first-order valence-electron chi connectivity index (χ1n) is 7.37. The van der Waals surface area contributed by atoms with E-state index in [0.717, 1.165) is 5.56 Å². The van der Waals surface area contributed by atoms with Crippen molar-refractivity contribution in [3.8, 4) is 0 Å². The number of rotatable bonds is 5. The zero-order chi connectivity index (χ0) is 16.2. The maximum Gasteiger partial charge on any atom is 0.244 e. The molecule has 1 aliphatic rings. The molecule has 0 spiro atoms. The molecule has 24 heavy (non-hydrogen) atoms. The molecule has 0 aromatic heterocycles. The lowest BCUT2D eigenvalue weighted by atomic mass is 9.92. The average molecular weight is 398 g/mol. The van der Waals surface area contributed by atoms with Gasteiger partial charge in [-0.25, -0.2) is 8.42 Å². The third kappa shape index (κ3) is 6.22. The normalized spacial score (nSPS) is 19.2. The van der Waals surface area contributed by atoms with Gasteiger partial charge in [0.25, 0.3) is 0 Å². The summed E-state index contributed by atoms with van der Waals surface area (Å²) in [5.41, 5.74) is 5.82. The van der Waals surface area contributed by atoms with E-state index in [1.165, 1.54) is 0 Å². The molecule has 3 N–H and O–H groups in total. The first-order chi connectivity index (χ1) is 10.3. The minimum Gasteiger partial charge on any atom is -0.353 e. The van der Waals surface area contributed by atoms with Crippen LogP contribution in [0.2, 0.25) is 0 Å². The second kappa shape index (κ2) is 9.58. The van der Waals surface area contributed by atoms with Gasteiger partial charge in [-0.15, -0.1) is 24.8 Å². The Balaban J connectivity index is 0.00000264. The van der Waals surface area contributed by atoms with E-state index in [0.29, 0.717) is 26.2 Å². The standard InChI is InChI=1S/C15H23N3O3S.2ClH/c1-15(16,13-5-3-2-4-6-13)14(19)17-7-8-18-9-11-22(20,21)12-10-18;;/h2-6H,7-12,16H2,1H3,(H,17,19);2*1H. The second-order valence-electron chi connectivity index (χ2n) is 5.82. The predicted octanol–water partition coefficient (Wildman–Crippen LogP) is 0.551. The van der Waals surface area contributed by atoms with E-state index in [2.05, 4.69) is 5.32 Å². The predicted molar refractivity (Wildman–Crippen MR) is 101 cm³/mol. The number of carbonyl (C=O) groups excluding carboxylic acids is 1. The highest BCUT2D eigenvalue weighted by molar-refractivity contribution is 7.91. The number of nitrogens with zero attached hydrogens (tertiary/aromatic N) is 1. The Hall–Kier alpha value is -0.860. The van der Waals surface area contributed by atoms with Crippen molar-refractivity contribution in [1.82, 2.24) is 10.2 Å². The van der Waals surface area contributed by atoms with Crippen molar-refractivity contribution in [2.75, 3.05) is 37.7 Å². The molecular weight excluding hydrogens is 373 g/mol. The highest BCUT2D eigenvalue weighted by Gasteiger charge is 2.30. The van der Waals surface area contributed by atoms with Gasteiger partial charge in [-0.05, 0) is 12.5 Å². The molecule has 1 atom stereocenters. The van der Waals surface area contributed by atoms with Crippen LogP contribution in [0.4, 0.5) is 0 Å². The fourth-order valence-electron chi connectivity index (χ4n) is 2.40. The Labute approximate surface area is 155 Å². The van der Waals surface area contributed by atoms with E-state index in [4.69, 9.17) is 5.73 Å². The van der Waals surface area contributed by atoms with Crippen LogP contribution in [0.25, 0.3) is 0 Å². The van der Waals surface area contributed by atoms with Gasteiger partial charge in [-0.1, -0.05) is 30.3 Å². The maximum absolute atomic E-state index is 12.3. The highest BCUT2D eigenvalue weighted by Crippen LogP contribution is 2.17. The Morgan fingerprint density at radius 3 is 2.29 bits per heavy atom. The fourth-order valence-corrected chi connectivity index (χ4v) is 3.68. The van der Waals surface area contributed by atoms with Crippen molar-refractivity contribution in [3.05, 3.63) is 35.9 Å². The molecule has 9 heteroatoms. The van der Waals surface area contributed by atoms with Crippen molar-refractivity contribution in [1.29, 1.82) is 0 Å². The minimum absolute atomic E-state index is 0. The molecule has 0 bridgehead atoms. The molecule has 1 heterocycles. The van der Waals surface area contributed by atoms with E-state index in [1.807, 2.05) is 35.2 Å². The van der Waals surface area contributed by atoms with Gasteiger partial charge in [0.1, 0.15) is 5.54 Å². The second-order valence-corrected chi connectivity index (χ2v) is 8.12. The van der Waals surface area contributed by atoms with Crippen molar-refractivity contribution in [3.63, 3.8) is 0 Å². The van der Waals surface area contributed by atoms with Gasteiger partial charge in [0.15, 0.2) is 9.84 Å². The van der Waals surface area contributed by atoms with Crippen LogP contribution >= 0.6 is 24.8 Å². The van der Waals surface area contributed by atoms with Crippen molar-refractivity contribution in [2.24, 2.45) is 5.73 Å². The lowest BCUT2D eigenvalue weighted by Gasteiger charge is -2.28. The van der Waals surface area contributed by atoms with Crippen LogP contribution in [0.1, 0.15) is 12.5 Å². The first kappa shape index (κ1) is 23.1. The number of nitrogens with two attached hydrogens (primary N) is 1. The van der Waals surface area contributed by atoms with Gasteiger partial charge in [-0.3, -0.25) is 9.69 Å². The third-order valence-electron chi connectivity index (χ3n) is 4.00. The van der Waals surface area contributed by atoms with Gasteiger partial charge in [0, 0.05) is 26.2 Å². The molecule has 1 aromatic carbocycles. The van der Waals surface area contributed by atoms with Crippen molar-refractivity contribution >= 4 is 40.6 Å². The molecule has 138 valence electrons. The molecule has 0 saturated carbocycles. The lowest BCUT2D eigenvalue weighted by molar-refractivity contribution is -0.126. The van der Waals surface area contributed by atoms with Crippen molar-refractivity contribution in [2.45, 2.75) is 12.5 Å². The topological polar surface area (TPSA) is 92.5 Å². The maximum atomic E-state index is 12.3. The van der Waals surface area contributed by atoms with E-state index in [1.54, 1.807) is 6.92 Å². The van der Waals surface area contributed by atoms with Gasteiger partial charge in [-0.2, -0.15) is 0 Å². The molecule has 1 aliphatic heterocycles. The molecule has 6 nitrogen and oxygen atoms in total. The highest BCUT2D eigenvalue weighted by atomic mass is 35.5. The van der Waals surface area contributed by atoms with Crippen LogP contribution in [0.5, 0.6) is 0 Å². The largest absolute Gasteiger partial charge is 0.353 e. The number of benzene rings is 1. The Morgan fingerprint density at radius 1 is 1.21 bits per heavy atom. The zero-order valence-corrected chi connectivity index (χ0v) is 16.1. The van der Waals surface area contributed by atoms with Gasteiger partial charge < -0.3 is 11.1 Å². The molecule has 2 rings (SSSR count).